The molecule has 34 heavy (non-hydrogen) atoms. The number of amides is 1. The lowest BCUT2D eigenvalue weighted by atomic mass is 9.96. The Bertz CT molecular complexity index is 1130. The third kappa shape index (κ3) is 4.47. The number of para-hydroxylation sites is 1. The Hall–Kier alpha value is -3.49. The molecule has 9 heteroatoms. The number of hydrogen-bond donors (Lipinski definition) is 1. The van der Waals surface area contributed by atoms with Crippen molar-refractivity contribution in [1.29, 1.82) is 0 Å². The molecule has 1 N–H and O–H groups in total. The SMILES string of the molecule is O=C(c1cnn2c1N[C@@H](c1ccccc1)C[C@H]2C(F)(F)F)N1CCC(Oc2ccccc2)CC1. The van der Waals surface area contributed by atoms with Crippen LogP contribution in [0, 0.1) is 0 Å². The summed E-state index contributed by atoms with van der Waals surface area (Å²) < 4.78 is 48.6. The number of anilines is 1. The molecule has 0 radical (unpaired) electrons. The molecule has 178 valence electrons. The van der Waals surface area contributed by atoms with Crippen LogP contribution in [0.25, 0.3) is 0 Å². The smallest absolute Gasteiger partial charge is 0.410 e. The highest BCUT2D eigenvalue weighted by Gasteiger charge is 2.47. The zero-order chi connectivity index (χ0) is 23.7. The van der Waals surface area contributed by atoms with Gasteiger partial charge in [0.1, 0.15) is 23.2 Å². The van der Waals surface area contributed by atoms with Gasteiger partial charge in [-0.25, -0.2) is 4.68 Å². The maximum atomic E-state index is 13.9. The van der Waals surface area contributed by atoms with Gasteiger partial charge >= 0.3 is 6.18 Å². The van der Waals surface area contributed by atoms with E-state index in [1.54, 1.807) is 29.2 Å². The lowest BCUT2D eigenvalue weighted by Crippen LogP contribution is -2.42. The topological polar surface area (TPSA) is 59.4 Å². The molecule has 5 rings (SSSR count). The van der Waals surface area contributed by atoms with Crippen LogP contribution in [0.3, 0.4) is 0 Å². The van der Waals surface area contributed by atoms with Gasteiger partial charge in [0, 0.05) is 32.4 Å². The fraction of sp³-hybridized carbons (Fsp3) is 0.360. The number of fused-ring (bicyclic) bond motifs is 1. The second kappa shape index (κ2) is 9.04. The van der Waals surface area contributed by atoms with Gasteiger partial charge in [0.25, 0.3) is 5.91 Å². The molecule has 3 heterocycles. The number of likely N-dealkylation sites (tertiary alicyclic amines) is 1. The third-order valence-electron chi connectivity index (χ3n) is 6.45. The van der Waals surface area contributed by atoms with Crippen molar-refractivity contribution in [2.24, 2.45) is 0 Å². The van der Waals surface area contributed by atoms with Crippen molar-refractivity contribution < 1.29 is 22.7 Å². The van der Waals surface area contributed by atoms with Crippen LogP contribution in [0.4, 0.5) is 19.0 Å². The number of nitrogens with one attached hydrogen (secondary N) is 1. The molecule has 0 bridgehead atoms. The minimum absolute atomic E-state index is 0.0114. The van der Waals surface area contributed by atoms with E-state index < -0.39 is 18.3 Å². The molecular formula is C25H25F3N4O2. The summed E-state index contributed by atoms with van der Waals surface area (Å²) in [6.07, 6.45) is -2.14. The molecule has 3 aromatic rings. The third-order valence-corrected chi connectivity index (χ3v) is 6.45. The monoisotopic (exact) mass is 470 g/mol. The van der Waals surface area contributed by atoms with Crippen LogP contribution in [-0.4, -0.2) is 46.0 Å². The van der Waals surface area contributed by atoms with Crippen molar-refractivity contribution in [2.45, 2.75) is 43.6 Å². The first-order chi connectivity index (χ1) is 16.4. The Labute approximate surface area is 195 Å². The number of aromatic nitrogens is 2. The predicted octanol–water partition coefficient (Wildman–Crippen LogP) is 5.23. The van der Waals surface area contributed by atoms with Crippen molar-refractivity contribution in [2.75, 3.05) is 18.4 Å². The van der Waals surface area contributed by atoms with Crippen LogP contribution in [-0.2, 0) is 0 Å². The molecular weight excluding hydrogens is 445 g/mol. The maximum Gasteiger partial charge on any atom is 0.410 e. The highest BCUT2D eigenvalue weighted by molar-refractivity contribution is 5.99. The minimum atomic E-state index is -4.48. The number of halogens is 3. The molecule has 2 aromatic carbocycles. The molecule has 1 fully saturated rings. The molecule has 6 nitrogen and oxygen atoms in total. The van der Waals surface area contributed by atoms with Gasteiger partial charge in [-0.1, -0.05) is 48.5 Å². The Morgan fingerprint density at radius 2 is 1.65 bits per heavy atom. The van der Waals surface area contributed by atoms with E-state index in [-0.39, 0.29) is 29.8 Å². The molecule has 0 spiro atoms. The van der Waals surface area contributed by atoms with Crippen molar-refractivity contribution in [3.05, 3.63) is 78.0 Å². The highest BCUT2D eigenvalue weighted by Crippen LogP contribution is 2.44. The van der Waals surface area contributed by atoms with E-state index in [1.165, 1.54) is 6.20 Å². The van der Waals surface area contributed by atoms with Crippen LogP contribution < -0.4 is 10.1 Å². The van der Waals surface area contributed by atoms with Gasteiger partial charge in [0.05, 0.1) is 12.2 Å². The lowest BCUT2D eigenvalue weighted by molar-refractivity contribution is -0.173. The first-order valence-electron chi connectivity index (χ1n) is 11.4. The van der Waals surface area contributed by atoms with Crippen LogP contribution in [0.5, 0.6) is 5.75 Å². The quantitative estimate of drug-likeness (QED) is 0.568. The van der Waals surface area contributed by atoms with E-state index >= 15 is 0 Å². The van der Waals surface area contributed by atoms with Crippen LogP contribution >= 0.6 is 0 Å². The number of alkyl halides is 3. The Balaban J connectivity index is 1.33. The Morgan fingerprint density at radius 3 is 2.29 bits per heavy atom. The largest absolute Gasteiger partial charge is 0.490 e. The summed E-state index contributed by atoms with van der Waals surface area (Å²) in [6.45, 7) is 0.928. The number of piperidine rings is 1. The number of hydrogen-bond acceptors (Lipinski definition) is 4. The summed E-state index contributed by atoms with van der Waals surface area (Å²) in [5, 5.41) is 7.14. The second-order valence-corrected chi connectivity index (χ2v) is 8.67. The van der Waals surface area contributed by atoms with Crippen LogP contribution in [0.2, 0.25) is 0 Å². The van der Waals surface area contributed by atoms with Crippen molar-refractivity contribution in [1.82, 2.24) is 14.7 Å². The van der Waals surface area contributed by atoms with Crippen molar-refractivity contribution in [3.8, 4) is 5.75 Å². The summed E-state index contributed by atoms with van der Waals surface area (Å²) in [6, 6.07) is 16.1. The van der Waals surface area contributed by atoms with Gasteiger partial charge in [-0.2, -0.15) is 18.3 Å². The van der Waals surface area contributed by atoms with Gasteiger partial charge < -0.3 is 15.0 Å². The molecule has 0 saturated carbocycles. The van der Waals surface area contributed by atoms with Gasteiger partial charge in [-0.05, 0) is 17.7 Å². The maximum absolute atomic E-state index is 13.9. The summed E-state index contributed by atoms with van der Waals surface area (Å²) in [4.78, 5) is 15.0. The zero-order valence-corrected chi connectivity index (χ0v) is 18.4. The number of nitrogens with zero attached hydrogens (tertiary/aromatic N) is 3. The molecule has 1 aromatic heterocycles. The standard InChI is InChI=1S/C25H25F3N4O2/c26-25(27,28)22-15-21(17-7-3-1-4-8-17)30-23-20(16-29-32(22)23)24(33)31-13-11-19(12-14-31)34-18-9-5-2-6-10-18/h1-10,16,19,21-22,30H,11-15H2/t21-,22+/m1/s1. The Morgan fingerprint density at radius 1 is 1.00 bits per heavy atom. The molecule has 2 aliphatic rings. The molecule has 1 saturated heterocycles. The Kier molecular flexibility index (Phi) is 5.93. The first kappa shape index (κ1) is 22.3. The van der Waals surface area contributed by atoms with E-state index in [0.29, 0.717) is 25.9 Å². The summed E-state index contributed by atoms with van der Waals surface area (Å²) in [7, 11) is 0. The van der Waals surface area contributed by atoms with Gasteiger partial charge in [-0.3, -0.25) is 4.79 Å². The summed E-state index contributed by atoms with van der Waals surface area (Å²) >= 11 is 0. The number of benzene rings is 2. The molecule has 0 unspecified atom stereocenters. The van der Waals surface area contributed by atoms with Crippen LogP contribution in [0.1, 0.15) is 47.3 Å². The van der Waals surface area contributed by atoms with Gasteiger partial charge in [0.2, 0.25) is 0 Å². The number of ether oxygens (including phenoxy) is 1. The first-order valence-corrected chi connectivity index (χ1v) is 11.4. The fourth-order valence-electron chi connectivity index (χ4n) is 4.66. The second-order valence-electron chi connectivity index (χ2n) is 8.67. The molecule has 0 aliphatic carbocycles. The highest BCUT2D eigenvalue weighted by atomic mass is 19.4. The van der Waals surface area contributed by atoms with Crippen molar-refractivity contribution in [3.63, 3.8) is 0 Å². The summed E-state index contributed by atoms with van der Waals surface area (Å²) in [5.74, 6) is 0.587. The average Bonchev–Trinajstić information content (AvgIpc) is 3.28. The van der Waals surface area contributed by atoms with E-state index in [0.717, 1.165) is 16.0 Å². The lowest BCUT2D eigenvalue weighted by Gasteiger charge is -2.35. The normalized spacial score (nSPS) is 21.0. The predicted molar refractivity (Wildman–Crippen MR) is 121 cm³/mol. The number of rotatable bonds is 4. The zero-order valence-electron chi connectivity index (χ0n) is 18.4. The van der Waals surface area contributed by atoms with E-state index in [9.17, 15) is 18.0 Å². The summed E-state index contributed by atoms with van der Waals surface area (Å²) in [5.41, 5.74) is 0.902. The molecule has 1 amide bonds. The minimum Gasteiger partial charge on any atom is -0.490 e. The number of carbonyl (C=O) groups excluding carboxylic acids is 1. The van der Waals surface area contributed by atoms with Gasteiger partial charge in [-0.15, -0.1) is 0 Å². The van der Waals surface area contributed by atoms with Gasteiger partial charge in [0.15, 0.2) is 6.04 Å². The van der Waals surface area contributed by atoms with E-state index in [1.807, 2.05) is 36.4 Å². The molecule has 2 atom stereocenters. The van der Waals surface area contributed by atoms with Crippen molar-refractivity contribution >= 4 is 11.7 Å². The fourth-order valence-corrected chi connectivity index (χ4v) is 4.66. The number of carbonyl (C=O) groups is 1. The van der Waals surface area contributed by atoms with E-state index in [4.69, 9.17) is 4.74 Å². The molecule has 2 aliphatic heterocycles. The van der Waals surface area contributed by atoms with Crippen LogP contribution in [0.15, 0.2) is 66.9 Å². The van der Waals surface area contributed by atoms with E-state index in [2.05, 4.69) is 10.4 Å². The average molecular weight is 470 g/mol.